The van der Waals surface area contributed by atoms with Gasteiger partial charge in [-0.1, -0.05) is 17.7 Å². The summed E-state index contributed by atoms with van der Waals surface area (Å²) in [5.41, 5.74) is 4.52. The molecule has 1 aromatic carbocycles. The van der Waals surface area contributed by atoms with E-state index in [1.807, 2.05) is 0 Å². The number of H-pyrrole nitrogens is 1. The van der Waals surface area contributed by atoms with Crippen LogP contribution in [-0.4, -0.2) is 20.9 Å². The number of nitrogens with one attached hydrogen (secondary N) is 1. The van der Waals surface area contributed by atoms with E-state index in [9.17, 15) is 9.59 Å². The van der Waals surface area contributed by atoms with E-state index in [4.69, 9.17) is 17.3 Å². The van der Waals surface area contributed by atoms with Crippen LogP contribution in [0.4, 0.5) is 0 Å². The van der Waals surface area contributed by atoms with Crippen LogP contribution in [0.15, 0.2) is 29.1 Å². The molecule has 2 rings (SSSR count). The fourth-order valence-corrected chi connectivity index (χ4v) is 1.43. The molecule has 16 heavy (non-hydrogen) atoms. The van der Waals surface area contributed by atoms with Gasteiger partial charge in [-0.3, -0.25) is 9.59 Å². The van der Waals surface area contributed by atoms with Gasteiger partial charge in [-0.15, -0.1) is 5.10 Å². The fraction of sp³-hybridized carbons (Fsp3) is 0. The second-order valence-corrected chi connectivity index (χ2v) is 3.48. The summed E-state index contributed by atoms with van der Waals surface area (Å²) >= 11 is 5.78. The minimum absolute atomic E-state index is 0.333. The average molecular weight is 239 g/mol. The lowest BCUT2D eigenvalue weighted by Gasteiger charge is -1.99. The lowest BCUT2D eigenvalue weighted by atomic mass is 10.3. The third kappa shape index (κ3) is 1.70. The molecule has 0 aliphatic carbocycles. The van der Waals surface area contributed by atoms with Crippen LogP contribution in [0.1, 0.15) is 10.5 Å². The van der Waals surface area contributed by atoms with Crippen LogP contribution >= 0.6 is 11.6 Å². The van der Waals surface area contributed by atoms with Crippen molar-refractivity contribution in [2.45, 2.75) is 0 Å². The lowest BCUT2D eigenvalue weighted by molar-refractivity contribution is 0.0994. The normalized spacial score (nSPS) is 10.3. The Morgan fingerprint density at radius 3 is 2.81 bits per heavy atom. The number of nitrogens with zero attached hydrogens (tertiary/aromatic N) is 2. The molecule has 82 valence electrons. The van der Waals surface area contributed by atoms with Gasteiger partial charge in [-0.05, 0) is 18.2 Å². The Balaban J connectivity index is 2.58. The molecule has 1 heterocycles. The Labute approximate surface area is 94.6 Å². The molecule has 2 aromatic rings. The molecule has 0 aliphatic heterocycles. The zero-order valence-corrected chi connectivity index (χ0v) is 8.73. The Hall–Kier alpha value is -2.08. The molecule has 0 spiro atoms. The van der Waals surface area contributed by atoms with Crippen molar-refractivity contribution in [1.82, 2.24) is 15.0 Å². The Kier molecular flexibility index (Phi) is 2.49. The predicted molar refractivity (Wildman–Crippen MR) is 57.7 cm³/mol. The van der Waals surface area contributed by atoms with Crippen molar-refractivity contribution >= 4 is 17.5 Å². The van der Waals surface area contributed by atoms with Crippen molar-refractivity contribution in [3.05, 3.63) is 45.3 Å². The largest absolute Gasteiger partial charge is 0.364 e. The molecular weight excluding hydrogens is 232 g/mol. The molecule has 0 atom stereocenters. The number of benzene rings is 1. The first-order valence-corrected chi connectivity index (χ1v) is 4.70. The number of nitrogens with two attached hydrogens (primary N) is 1. The number of aromatic nitrogens is 3. The summed E-state index contributed by atoms with van der Waals surface area (Å²) in [5.74, 6) is -0.873. The van der Waals surface area contributed by atoms with Gasteiger partial charge in [0.1, 0.15) is 0 Å². The summed E-state index contributed by atoms with van der Waals surface area (Å²) in [4.78, 5) is 22.5. The molecule has 3 N–H and O–H groups in total. The molecule has 0 fully saturated rings. The van der Waals surface area contributed by atoms with E-state index in [2.05, 4.69) is 10.3 Å². The van der Waals surface area contributed by atoms with Crippen molar-refractivity contribution in [3.63, 3.8) is 0 Å². The number of primary amides is 1. The lowest BCUT2D eigenvalue weighted by Crippen LogP contribution is -2.24. The number of carbonyl (C=O) groups excluding carboxylic acids is 1. The van der Waals surface area contributed by atoms with Gasteiger partial charge in [0.05, 0.1) is 5.69 Å². The van der Waals surface area contributed by atoms with Crippen LogP contribution in [-0.2, 0) is 0 Å². The van der Waals surface area contributed by atoms with Crippen molar-refractivity contribution in [2.75, 3.05) is 0 Å². The van der Waals surface area contributed by atoms with E-state index in [0.29, 0.717) is 10.7 Å². The number of amides is 1. The van der Waals surface area contributed by atoms with Gasteiger partial charge < -0.3 is 5.73 Å². The molecule has 1 amide bonds. The Morgan fingerprint density at radius 1 is 1.50 bits per heavy atom. The van der Waals surface area contributed by atoms with Gasteiger partial charge in [-0.2, -0.15) is 0 Å². The SMILES string of the molecule is NC(=O)c1n[nH]n(-c2cccc(Cl)c2)c1=O. The van der Waals surface area contributed by atoms with E-state index in [-0.39, 0.29) is 5.69 Å². The maximum Gasteiger partial charge on any atom is 0.304 e. The summed E-state index contributed by atoms with van der Waals surface area (Å²) < 4.78 is 1.09. The third-order valence-corrected chi connectivity index (χ3v) is 2.20. The molecule has 0 saturated heterocycles. The van der Waals surface area contributed by atoms with Crippen molar-refractivity contribution in [1.29, 1.82) is 0 Å². The number of carbonyl (C=O) groups is 1. The zero-order valence-electron chi connectivity index (χ0n) is 7.98. The highest BCUT2D eigenvalue weighted by Gasteiger charge is 2.14. The summed E-state index contributed by atoms with van der Waals surface area (Å²) in [6, 6.07) is 6.55. The number of aromatic amines is 1. The topological polar surface area (TPSA) is 93.8 Å². The third-order valence-electron chi connectivity index (χ3n) is 1.97. The molecule has 0 aliphatic rings. The molecular formula is C9H7ClN4O2. The second kappa shape index (κ2) is 3.82. The highest BCUT2D eigenvalue weighted by atomic mass is 35.5. The standard InChI is InChI=1S/C9H7ClN4O2/c10-5-2-1-3-6(4-5)14-9(16)7(8(11)15)12-13-14/h1-4,13H,(H2,11,15). The van der Waals surface area contributed by atoms with E-state index in [1.165, 1.54) is 0 Å². The zero-order chi connectivity index (χ0) is 11.7. The summed E-state index contributed by atoms with van der Waals surface area (Å²) in [6.07, 6.45) is 0. The summed E-state index contributed by atoms with van der Waals surface area (Å²) in [7, 11) is 0. The molecule has 6 nitrogen and oxygen atoms in total. The first-order chi connectivity index (χ1) is 7.59. The summed E-state index contributed by atoms with van der Waals surface area (Å²) in [5, 5.41) is 6.39. The Bertz CT molecular complexity index is 602. The van der Waals surface area contributed by atoms with E-state index in [1.54, 1.807) is 24.3 Å². The number of hydrogen-bond donors (Lipinski definition) is 2. The molecule has 0 unspecified atom stereocenters. The van der Waals surface area contributed by atoms with Gasteiger partial charge in [-0.25, -0.2) is 9.90 Å². The van der Waals surface area contributed by atoms with Crippen LogP contribution in [0.5, 0.6) is 0 Å². The second-order valence-electron chi connectivity index (χ2n) is 3.05. The first-order valence-electron chi connectivity index (χ1n) is 4.33. The number of halogens is 1. The van der Waals surface area contributed by atoms with Crippen molar-refractivity contribution < 1.29 is 4.79 Å². The van der Waals surface area contributed by atoms with E-state index in [0.717, 1.165) is 4.68 Å². The number of hydrogen-bond acceptors (Lipinski definition) is 3. The quantitative estimate of drug-likeness (QED) is 0.789. The molecule has 0 saturated carbocycles. The number of rotatable bonds is 2. The van der Waals surface area contributed by atoms with Gasteiger partial charge in [0.2, 0.25) is 5.69 Å². The smallest absolute Gasteiger partial charge is 0.304 e. The van der Waals surface area contributed by atoms with Crippen LogP contribution in [0.2, 0.25) is 5.02 Å². The van der Waals surface area contributed by atoms with Crippen LogP contribution in [0, 0.1) is 0 Å². The van der Waals surface area contributed by atoms with Gasteiger partial charge in [0.25, 0.3) is 5.91 Å². The van der Waals surface area contributed by atoms with E-state index < -0.39 is 11.5 Å². The van der Waals surface area contributed by atoms with Crippen LogP contribution < -0.4 is 11.3 Å². The molecule has 0 bridgehead atoms. The van der Waals surface area contributed by atoms with Crippen molar-refractivity contribution in [2.24, 2.45) is 5.73 Å². The van der Waals surface area contributed by atoms with Gasteiger partial charge in [0, 0.05) is 5.02 Å². The maximum absolute atomic E-state index is 11.6. The fourth-order valence-electron chi connectivity index (χ4n) is 1.25. The van der Waals surface area contributed by atoms with Crippen molar-refractivity contribution in [3.8, 4) is 5.69 Å². The van der Waals surface area contributed by atoms with E-state index >= 15 is 0 Å². The summed E-state index contributed by atoms with van der Waals surface area (Å²) in [6.45, 7) is 0. The first kappa shape index (κ1) is 10.4. The maximum atomic E-state index is 11.6. The minimum atomic E-state index is -0.873. The molecule has 7 heteroatoms. The Morgan fingerprint density at radius 2 is 2.25 bits per heavy atom. The predicted octanol–water partition coefficient (Wildman–Crippen LogP) is 0.313. The highest BCUT2D eigenvalue weighted by Crippen LogP contribution is 2.12. The minimum Gasteiger partial charge on any atom is -0.364 e. The highest BCUT2D eigenvalue weighted by molar-refractivity contribution is 6.30. The monoisotopic (exact) mass is 238 g/mol. The van der Waals surface area contributed by atoms with Crippen LogP contribution in [0.25, 0.3) is 5.69 Å². The molecule has 0 radical (unpaired) electrons. The average Bonchev–Trinajstić information content (AvgIpc) is 2.60. The van der Waals surface area contributed by atoms with Crippen LogP contribution in [0.3, 0.4) is 0 Å². The molecule has 1 aromatic heterocycles. The van der Waals surface area contributed by atoms with Gasteiger partial charge in [0.15, 0.2) is 0 Å². The van der Waals surface area contributed by atoms with Gasteiger partial charge >= 0.3 is 5.56 Å².